The minimum atomic E-state index is -0.948. The fourth-order valence-electron chi connectivity index (χ4n) is 2.77. The van der Waals surface area contributed by atoms with Gasteiger partial charge in [-0.25, -0.2) is 4.79 Å². The summed E-state index contributed by atoms with van der Waals surface area (Å²) in [7, 11) is 0. The third-order valence-corrected chi connectivity index (χ3v) is 4.27. The summed E-state index contributed by atoms with van der Waals surface area (Å²) in [5.74, 6) is -0.932. The molecule has 114 valence electrons. The highest BCUT2D eigenvalue weighted by Crippen LogP contribution is 2.34. The molecule has 1 aliphatic carbocycles. The van der Waals surface area contributed by atoms with Gasteiger partial charge in [0.1, 0.15) is 0 Å². The highest BCUT2D eigenvalue weighted by atomic mass is 16.4. The zero-order valence-corrected chi connectivity index (χ0v) is 12.7. The lowest BCUT2D eigenvalue weighted by Gasteiger charge is -2.34. The fraction of sp³-hybridized carbons (Fsp3) is 0.529. The smallest absolute Gasteiger partial charge is 0.335 e. The normalized spacial score (nSPS) is 18.2. The molecule has 1 aromatic carbocycles. The Balaban J connectivity index is 1.83. The summed E-state index contributed by atoms with van der Waals surface area (Å²) in [5.41, 5.74) is 1.48. The number of amides is 1. The Bertz CT molecular complexity index is 509. The van der Waals surface area contributed by atoms with Gasteiger partial charge in [0, 0.05) is 6.04 Å². The molecule has 0 aromatic heterocycles. The SMILES string of the molecule is CC1(C)CCC(NC(=O)Cc2ccc(C(=O)O)cc2)CC1. The zero-order valence-electron chi connectivity index (χ0n) is 12.7. The van der Waals surface area contributed by atoms with Crippen molar-refractivity contribution >= 4 is 11.9 Å². The van der Waals surface area contributed by atoms with E-state index in [0.29, 0.717) is 11.8 Å². The largest absolute Gasteiger partial charge is 0.478 e. The van der Waals surface area contributed by atoms with E-state index in [0.717, 1.165) is 31.2 Å². The first-order valence-corrected chi connectivity index (χ1v) is 7.47. The molecule has 1 aliphatic rings. The number of carboxylic acids is 1. The van der Waals surface area contributed by atoms with Crippen LogP contribution in [0.5, 0.6) is 0 Å². The van der Waals surface area contributed by atoms with Gasteiger partial charge in [-0.3, -0.25) is 4.79 Å². The van der Waals surface area contributed by atoms with Crippen molar-refractivity contribution in [3.8, 4) is 0 Å². The van der Waals surface area contributed by atoms with Crippen LogP contribution in [-0.4, -0.2) is 23.0 Å². The molecule has 0 bridgehead atoms. The molecule has 2 rings (SSSR count). The number of hydrogen-bond donors (Lipinski definition) is 2. The average molecular weight is 289 g/mol. The molecule has 0 spiro atoms. The Hall–Kier alpha value is -1.84. The maximum atomic E-state index is 12.0. The average Bonchev–Trinajstić information content (AvgIpc) is 2.42. The molecule has 4 heteroatoms. The minimum absolute atomic E-state index is 0.0165. The predicted molar refractivity (Wildman–Crippen MR) is 81.3 cm³/mol. The van der Waals surface area contributed by atoms with Crippen LogP contribution in [0.25, 0.3) is 0 Å². The van der Waals surface area contributed by atoms with Crippen molar-refractivity contribution in [2.75, 3.05) is 0 Å². The molecule has 0 atom stereocenters. The number of hydrogen-bond acceptors (Lipinski definition) is 2. The molecule has 0 heterocycles. The van der Waals surface area contributed by atoms with Crippen LogP contribution in [0, 0.1) is 5.41 Å². The number of nitrogens with one attached hydrogen (secondary N) is 1. The van der Waals surface area contributed by atoms with Crippen LogP contribution >= 0.6 is 0 Å². The Morgan fingerprint density at radius 1 is 1.19 bits per heavy atom. The molecule has 2 N–H and O–H groups in total. The number of carbonyl (C=O) groups excluding carboxylic acids is 1. The molecular weight excluding hydrogens is 266 g/mol. The van der Waals surface area contributed by atoms with E-state index < -0.39 is 5.97 Å². The van der Waals surface area contributed by atoms with Crippen LogP contribution in [-0.2, 0) is 11.2 Å². The summed E-state index contributed by atoms with van der Waals surface area (Å²) >= 11 is 0. The second kappa shape index (κ2) is 6.29. The van der Waals surface area contributed by atoms with Crippen LogP contribution in [0.3, 0.4) is 0 Å². The van der Waals surface area contributed by atoms with Crippen LogP contribution in [0.2, 0.25) is 0 Å². The van der Waals surface area contributed by atoms with Gasteiger partial charge >= 0.3 is 5.97 Å². The summed E-state index contributed by atoms with van der Waals surface area (Å²) in [6.07, 6.45) is 4.67. The third-order valence-electron chi connectivity index (χ3n) is 4.27. The van der Waals surface area contributed by atoms with Crippen molar-refractivity contribution in [2.45, 2.75) is 52.0 Å². The fourth-order valence-corrected chi connectivity index (χ4v) is 2.77. The number of benzene rings is 1. The van der Waals surface area contributed by atoms with E-state index in [-0.39, 0.29) is 17.5 Å². The van der Waals surface area contributed by atoms with Crippen LogP contribution in [0.1, 0.15) is 55.5 Å². The molecule has 1 saturated carbocycles. The molecule has 0 radical (unpaired) electrons. The zero-order chi connectivity index (χ0) is 15.5. The highest BCUT2D eigenvalue weighted by molar-refractivity contribution is 5.87. The molecule has 1 aromatic rings. The van der Waals surface area contributed by atoms with Gasteiger partial charge in [-0.2, -0.15) is 0 Å². The summed E-state index contributed by atoms with van der Waals surface area (Å²) in [6, 6.07) is 6.76. The lowest BCUT2D eigenvalue weighted by atomic mass is 9.75. The highest BCUT2D eigenvalue weighted by Gasteiger charge is 2.27. The van der Waals surface area contributed by atoms with E-state index in [1.54, 1.807) is 12.1 Å². The number of carbonyl (C=O) groups is 2. The molecule has 0 aliphatic heterocycles. The molecule has 4 nitrogen and oxygen atoms in total. The number of carboxylic acid groups (broad SMARTS) is 1. The molecule has 0 saturated heterocycles. The monoisotopic (exact) mass is 289 g/mol. The first kappa shape index (κ1) is 15.5. The number of aromatic carboxylic acids is 1. The maximum Gasteiger partial charge on any atom is 0.335 e. The van der Waals surface area contributed by atoms with Gasteiger partial charge in [0.15, 0.2) is 0 Å². The van der Waals surface area contributed by atoms with Crippen LogP contribution < -0.4 is 5.32 Å². The van der Waals surface area contributed by atoms with Gasteiger partial charge in [0.2, 0.25) is 5.91 Å². The van der Waals surface area contributed by atoms with Gasteiger partial charge in [-0.05, 0) is 48.8 Å². The van der Waals surface area contributed by atoms with E-state index in [9.17, 15) is 9.59 Å². The van der Waals surface area contributed by atoms with Gasteiger partial charge in [-0.15, -0.1) is 0 Å². The summed E-state index contributed by atoms with van der Waals surface area (Å²) in [6.45, 7) is 4.55. The topological polar surface area (TPSA) is 66.4 Å². The molecule has 21 heavy (non-hydrogen) atoms. The lowest BCUT2D eigenvalue weighted by molar-refractivity contribution is -0.121. The number of rotatable bonds is 4. The summed E-state index contributed by atoms with van der Waals surface area (Å²) in [4.78, 5) is 22.8. The molecule has 1 amide bonds. The maximum absolute atomic E-state index is 12.0. The third kappa shape index (κ3) is 4.59. The molecule has 1 fully saturated rings. The standard InChI is InChI=1S/C17H23NO3/c1-17(2)9-7-14(8-10-17)18-15(19)11-12-3-5-13(6-4-12)16(20)21/h3-6,14H,7-11H2,1-2H3,(H,18,19)(H,20,21). The Labute approximate surface area is 125 Å². The van der Waals surface area contributed by atoms with E-state index in [1.165, 1.54) is 12.1 Å². The quantitative estimate of drug-likeness (QED) is 0.895. The second-order valence-corrected chi connectivity index (χ2v) is 6.68. The van der Waals surface area contributed by atoms with Gasteiger partial charge in [0.25, 0.3) is 0 Å². The van der Waals surface area contributed by atoms with Crippen molar-refractivity contribution in [3.05, 3.63) is 35.4 Å². The van der Waals surface area contributed by atoms with Crippen molar-refractivity contribution in [1.29, 1.82) is 0 Å². The van der Waals surface area contributed by atoms with Crippen molar-refractivity contribution in [3.63, 3.8) is 0 Å². The Morgan fingerprint density at radius 3 is 2.29 bits per heavy atom. The lowest BCUT2D eigenvalue weighted by Crippen LogP contribution is -2.39. The summed E-state index contributed by atoms with van der Waals surface area (Å²) in [5, 5.41) is 11.9. The van der Waals surface area contributed by atoms with Gasteiger partial charge in [0.05, 0.1) is 12.0 Å². The predicted octanol–water partition coefficient (Wildman–Crippen LogP) is 3.01. The van der Waals surface area contributed by atoms with Gasteiger partial charge in [-0.1, -0.05) is 26.0 Å². The van der Waals surface area contributed by atoms with Gasteiger partial charge < -0.3 is 10.4 Å². The Kier molecular flexibility index (Phi) is 4.66. The van der Waals surface area contributed by atoms with Crippen LogP contribution in [0.4, 0.5) is 0 Å². The van der Waals surface area contributed by atoms with Crippen molar-refractivity contribution in [1.82, 2.24) is 5.32 Å². The first-order valence-electron chi connectivity index (χ1n) is 7.47. The van der Waals surface area contributed by atoms with E-state index >= 15 is 0 Å². The van der Waals surface area contributed by atoms with Crippen molar-refractivity contribution in [2.24, 2.45) is 5.41 Å². The van der Waals surface area contributed by atoms with Crippen LogP contribution in [0.15, 0.2) is 24.3 Å². The first-order chi connectivity index (χ1) is 9.85. The van der Waals surface area contributed by atoms with E-state index in [1.807, 2.05) is 0 Å². The second-order valence-electron chi connectivity index (χ2n) is 6.68. The van der Waals surface area contributed by atoms with E-state index in [4.69, 9.17) is 5.11 Å². The van der Waals surface area contributed by atoms with E-state index in [2.05, 4.69) is 19.2 Å². The Morgan fingerprint density at radius 2 is 1.76 bits per heavy atom. The minimum Gasteiger partial charge on any atom is -0.478 e. The molecule has 0 unspecified atom stereocenters. The molecular formula is C17H23NO3. The van der Waals surface area contributed by atoms with Crippen molar-refractivity contribution < 1.29 is 14.7 Å². The summed E-state index contributed by atoms with van der Waals surface area (Å²) < 4.78 is 0.